The molecule has 1 heterocycles. The minimum Gasteiger partial charge on any atom is -0.309 e. The van der Waals surface area contributed by atoms with Gasteiger partial charge in [0.2, 0.25) is 0 Å². The Morgan fingerprint density at radius 3 is 2.48 bits per heavy atom. The number of hydrogen-bond acceptors (Lipinski definition) is 2. The predicted molar refractivity (Wildman–Crippen MR) is 92.6 cm³/mol. The predicted octanol–water partition coefficient (Wildman–Crippen LogP) is 4.95. The Labute approximate surface area is 140 Å². The molecule has 23 heavy (non-hydrogen) atoms. The van der Waals surface area contributed by atoms with Crippen LogP contribution in [0.2, 0.25) is 0 Å². The van der Waals surface area contributed by atoms with Crippen LogP contribution >= 0.6 is 11.8 Å². The van der Waals surface area contributed by atoms with Crippen molar-refractivity contribution in [2.45, 2.75) is 17.1 Å². The van der Waals surface area contributed by atoms with Gasteiger partial charge in [-0.3, -0.25) is 0 Å². The van der Waals surface area contributed by atoms with Gasteiger partial charge in [0.15, 0.2) is 0 Å². The third-order valence-electron chi connectivity index (χ3n) is 3.90. The first-order chi connectivity index (χ1) is 11.0. The van der Waals surface area contributed by atoms with Crippen LogP contribution in [-0.4, -0.2) is 25.5 Å². The SMILES string of the molecule is CN(C)CC/C=C1\c2ccc(F)cc2CSc2cc(F)ccc21. The summed E-state index contributed by atoms with van der Waals surface area (Å²) in [7, 11) is 4.07. The van der Waals surface area contributed by atoms with Gasteiger partial charge < -0.3 is 4.90 Å². The third-order valence-corrected chi connectivity index (χ3v) is 5.00. The van der Waals surface area contributed by atoms with E-state index in [0.29, 0.717) is 5.75 Å². The van der Waals surface area contributed by atoms with Crippen LogP contribution in [0, 0.1) is 11.6 Å². The molecule has 0 bridgehead atoms. The van der Waals surface area contributed by atoms with Gasteiger partial charge in [0.05, 0.1) is 0 Å². The monoisotopic (exact) mass is 331 g/mol. The van der Waals surface area contributed by atoms with Crippen molar-refractivity contribution in [1.29, 1.82) is 0 Å². The quantitative estimate of drug-likeness (QED) is 0.782. The largest absolute Gasteiger partial charge is 0.309 e. The molecule has 4 heteroatoms. The van der Waals surface area contributed by atoms with E-state index in [-0.39, 0.29) is 11.6 Å². The summed E-state index contributed by atoms with van der Waals surface area (Å²) >= 11 is 1.56. The first-order valence-electron chi connectivity index (χ1n) is 7.61. The van der Waals surface area contributed by atoms with E-state index in [4.69, 9.17) is 0 Å². The molecule has 1 aliphatic heterocycles. The third kappa shape index (κ3) is 3.65. The lowest BCUT2D eigenvalue weighted by Gasteiger charge is -2.13. The molecule has 0 atom stereocenters. The zero-order chi connectivity index (χ0) is 16.4. The van der Waals surface area contributed by atoms with Crippen molar-refractivity contribution < 1.29 is 8.78 Å². The average Bonchev–Trinajstić information content (AvgIpc) is 2.64. The molecular weight excluding hydrogens is 312 g/mol. The van der Waals surface area contributed by atoms with E-state index in [1.165, 1.54) is 12.1 Å². The molecule has 3 rings (SSSR count). The fraction of sp³-hybridized carbons (Fsp3) is 0.263. The first-order valence-corrected chi connectivity index (χ1v) is 8.59. The molecule has 120 valence electrons. The Kier molecular flexibility index (Phi) is 4.83. The van der Waals surface area contributed by atoms with Crippen molar-refractivity contribution in [3.8, 4) is 0 Å². The second kappa shape index (κ2) is 6.85. The minimum atomic E-state index is -0.235. The number of thioether (sulfide) groups is 1. The van der Waals surface area contributed by atoms with Crippen LogP contribution in [0.5, 0.6) is 0 Å². The van der Waals surface area contributed by atoms with Gasteiger partial charge in [-0.05, 0) is 67.0 Å². The summed E-state index contributed by atoms with van der Waals surface area (Å²) in [5.74, 6) is 0.185. The Balaban J connectivity index is 2.10. The van der Waals surface area contributed by atoms with E-state index in [9.17, 15) is 8.78 Å². The smallest absolute Gasteiger partial charge is 0.124 e. The van der Waals surface area contributed by atoms with Crippen LogP contribution in [-0.2, 0) is 5.75 Å². The molecule has 0 unspecified atom stereocenters. The molecule has 0 saturated heterocycles. The van der Waals surface area contributed by atoms with Crippen LogP contribution in [0.15, 0.2) is 47.4 Å². The second-order valence-corrected chi connectivity index (χ2v) is 6.96. The van der Waals surface area contributed by atoms with Crippen LogP contribution in [0.25, 0.3) is 5.57 Å². The molecule has 1 nitrogen and oxygen atoms in total. The highest BCUT2D eigenvalue weighted by molar-refractivity contribution is 7.98. The van der Waals surface area contributed by atoms with Gasteiger partial charge in [0, 0.05) is 17.2 Å². The Hall–Kier alpha value is -1.65. The normalized spacial score (nSPS) is 15.4. The lowest BCUT2D eigenvalue weighted by molar-refractivity contribution is 0.417. The van der Waals surface area contributed by atoms with Crippen molar-refractivity contribution in [2.24, 2.45) is 0 Å². The average molecular weight is 331 g/mol. The molecule has 0 aliphatic carbocycles. The van der Waals surface area contributed by atoms with E-state index < -0.39 is 0 Å². The van der Waals surface area contributed by atoms with E-state index >= 15 is 0 Å². The van der Waals surface area contributed by atoms with Crippen molar-refractivity contribution in [2.75, 3.05) is 20.6 Å². The van der Waals surface area contributed by atoms with Gasteiger partial charge in [-0.25, -0.2) is 8.78 Å². The minimum absolute atomic E-state index is 0.228. The van der Waals surface area contributed by atoms with Gasteiger partial charge in [-0.1, -0.05) is 18.2 Å². The summed E-state index contributed by atoms with van der Waals surface area (Å²) in [6.45, 7) is 0.934. The highest BCUT2D eigenvalue weighted by Gasteiger charge is 2.19. The van der Waals surface area contributed by atoms with Crippen LogP contribution in [0.1, 0.15) is 23.1 Å². The highest BCUT2D eigenvalue weighted by atomic mass is 32.2. The van der Waals surface area contributed by atoms with Crippen molar-refractivity contribution in [3.63, 3.8) is 0 Å². The molecule has 2 aromatic rings. The number of benzene rings is 2. The summed E-state index contributed by atoms with van der Waals surface area (Å²) in [5, 5.41) is 0. The molecule has 0 saturated carbocycles. The maximum absolute atomic E-state index is 13.6. The van der Waals surface area contributed by atoms with Crippen LogP contribution in [0.3, 0.4) is 0 Å². The van der Waals surface area contributed by atoms with Gasteiger partial charge in [-0.2, -0.15) is 0 Å². The maximum atomic E-state index is 13.6. The van der Waals surface area contributed by atoms with Crippen molar-refractivity contribution in [1.82, 2.24) is 4.90 Å². The molecular formula is C19H19F2NS. The summed E-state index contributed by atoms with van der Waals surface area (Å²) in [4.78, 5) is 3.04. The fourth-order valence-corrected chi connectivity index (χ4v) is 3.85. The number of rotatable bonds is 3. The molecule has 1 aliphatic rings. The first kappa shape index (κ1) is 16.2. The number of hydrogen-bond donors (Lipinski definition) is 0. The zero-order valence-electron chi connectivity index (χ0n) is 13.3. The van der Waals surface area contributed by atoms with E-state index in [2.05, 4.69) is 11.0 Å². The second-order valence-electron chi connectivity index (χ2n) is 5.94. The molecule has 0 spiro atoms. The molecule has 0 amide bonds. The van der Waals surface area contributed by atoms with Crippen molar-refractivity contribution >= 4 is 17.3 Å². The van der Waals surface area contributed by atoms with Gasteiger partial charge in [0.25, 0.3) is 0 Å². The Morgan fingerprint density at radius 2 is 1.74 bits per heavy atom. The Bertz CT molecular complexity index is 698. The standard InChI is InChI=1S/C19H19F2NS/c1-22(2)9-3-4-17-16-7-5-14(20)10-13(16)12-23-19-11-15(21)6-8-18(17)19/h4-8,10-11H,3,9,12H2,1-2H3/b17-4+. The zero-order valence-corrected chi connectivity index (χ0v) is 14.1. The van der Waals surface area contributed by atoms with E-state index in [1.54, 1.807) is 23.9 Å². The van der Waals surface area contributed by atoms with Crippen LogP contribution < -0.4 is 0 Å². The summed E-state index contributed by atoms with van der Waals surface area (Å²) in [5.41, 5.74) is 4.10. The van der Waals surface area contributed by atoms with Gasteiger partial charge >= 0.3 is 0 Å². The molecule has 0 aromatic heterocycles. The maximum Gasteiger partial charge on any atom is 0.124 e. The molecule has 0 fully saturated rings. The number of nitrogens with zero attached hydrogens (tertiary/aromatic N) is 1. The van der Waals surface area contributed by atoms with E-state index in [0.717, 1.165) is 40.1 Å². The highest BCUT2D eigenvalue weighted by Crippen LogP contribution is 2.40. The molecule has 2 aromatic carbocycles. The van der Waals surface area contributed by atoms with Crippen molar-refractivity contribution in [3.05, 3.63) is 70.8 Å². The van der Waals surface area contributed by atoms with Crippen LogP contribution in [0.4, 0.5) is 8.78 Å². The van der Waals surface area contributed by atoms with E-state index in [1.807, 2.05) is 26.2 Å². The number of halogens is 2. The van der Waals surface area contributed by atoms with Gasteiger partial charge in [-0.15, -0.1) is 11.8 Å². The topological polar surface area (TPSA) is 3.24 Å². The Morgan fingerprint density at radius 1 is 1.04 bits per heavy atom. The number of fused-ring (bicyclic) bond motifs is 2. The summed E-state index contributed by atoms with van der Waals surface area (Å²) < 4.78 is 27.2. The lowest BCUT2D eigenvalue weighted by Crippen LogP contribution is -2.12. The lowest BCUT2D eigenvalue weighted by atomic mass is 9.93. The molecule has 0 N–H and O–H groups in total. The van der Waals surface area contributed by atoms with Gasteiger partial charge in [0.1, 0.15) is 11.6 Å². The summed E-state index contributed by atoms with van der Waals surface area (Å²) in [6.07, 6.45) is 3.07. The summed E-state index contributed by atoms with van der Waals surface area (Å²) in [6, 6.07) is 9.82. The molecule has 0 radical (unpaired) electrons. The fourth-order valence-electron chi connectivity index (χ4n) is 2.77.